The Kier molecular flexibility index (Phi) is 19.6. The molecule has 0 radical (unpaired) electrons. The molecule has 0 bridgehead atoms. The zero-order valence-electron chi connectivity index (χ0n) is 26.4. The van der Waals surface area contributed by atoms with Crippen LogP contribution in [-0.4, -0.2) is 91.9 Å². The number of amides is 4. The van der Waals surface area contributed by atoms with E-state index in [2.05, 4.69) is 50.9 Å². The van der Waals surface area contributed by atoms with Gasteiger partial charge >= 0.3 is 0 Å². The molecule has 9 nitrogen and oxygen atoms in total. The number of quaternary nitrogens is 1. The van der Waals surface area contributed by atoms with Crippen LogP contribution in [0.15, 0.2) is 0 Å². The lowest BCUT2D eigenvalue weighted by molar-refractivity contribution is -0.870. The highest BCUT2D eigenvalue weighted by Gasteiger charge is 2.26. The number of nitrogens with zero attached hydrogens (tertiary/aromatic N) is 2. The van der Waals surface area contributed by atoms with Gasteiger partial charge in [-0.3, -0.25) is 19.2 Å². The Morgan fingerprint density at radius 3 is 1.56 bits per heavy atom. The van der Waals surface area contributed by atoms with Crippen LogP contribution in [0.3, 0.4) is 0 Å². The number of hydrogen-bond acceptors (Lipinski definition) is 4. The molecule has 0 aromatic rings. The minimum absolute atomic E-state index is 0.0862. The van der Waals surface area contributed by atoms with E-state index in [0.29, 0.717) is 19.5 Å². The number of nitrogens with one attached hydrogen (secondary N) is 3. The molecule has 0 aliphatic rings. The Labute approximate surface area is 238 Å². The summed E-state index contributed by atoms with van der Waals surface area (Å²) < 4.78 is 0.901. The summed E-state index contributed by atoms with van der Waals surface area (Å²) in [6, 6.07) is -2.26. The Morgan fingerprint density at radius 2 is 1.08 bits per heavy atom. The fourth-order valence-corrected chi connectivity index (χ4v) is 4.30. The van der Waals surface area contributed by atoms with Gasteiger partial charge in [-0.05, 0) is 52.9 Å². The fraction of sp³-hybridized carbons (Fsp3) is 0.867. The van der Waals surface area contributed by atoms with E-state index in [1.54, 1.807) is 20.8 Å². The lowest BCUT2D eigenvalue weighted by Crippen LogP contribution is -2.55. The second kappa shape index (κ2) is 20.7. The highest BCUT2D eigenvalue weighted by atomic mass is 16.2. The first kappa shape index (κ1) is 36.8. The van der Waals surface area contributed by atoms with Gasteiger partial charge in [0.25, 0.3) is 0 Å². The molecule has 0 aromatic heterocycles. The zero-order chi connectivity index (χ0) is 29.8. The van der Waals surface area contributed by atoms with Crippen molar-refractivity contribution in [2.24, 2.45) is 0 Å². The van der Waals surface area contributed by atoms with Gasteiger partial charge in [0, 0.05) is 19.5 Å². The van der Waals surface area contributed by atoms with Crippen molar-refractivity contribution in [2.45, 2.75) is 130 Å². The first-order valence-electron chi connectivity index (χ1n) is 15.3. The smallest absolute Gasteiger partial charge is 0.244 e. The summed E-state index contributed by atoms with van der Waals surface area (Å²) in [6.45, 7) is 11.7. The van der Waals surface area contributed by atoms with Crippen LogP contribution in [0.25, 0.3) is 0 Å². The van der Waals surface area contributed by atoms with Crippen LogP contribution >= 0.6 is 0 Å². The minimum atomic E-state index is -0.829. The molecule has 4 amide bonds. The summed E-state index contributed by atoms with van der Waals surface area (Å²) in [5.41, 5.74) is 0. The number of carbonyl (C=O) groups excluding carboxylic acids is 4. The van der Waals surface area contributed by atoms with Gasteiger partial charge in [-0.2, -0.15) is 0 Å². The van der Waals surface area contributed by atoms with Gasteiger partial charge in [-0.1, -0.05) is 52.4 Å². The molecule has 3 N–H and O–H groups in total. The Morgan fingerprint density at radius 1 is 0.615 bits per heavy atom. The van der Waals surface area contributed by atoms with Crippen LogP contribution in [0.4, 0.5) is 0 Å². The molecular weight excluding hydrogens is 494 g/mol. The maximum Gasteiger partial charge on any atom is 0.244 e. The maximum atomic E-state index is 13.1. The Hall–Kier alpha value is -2.16. The van der Waals surface area contributed by atoms with Gasteiger partial charge < -0.3 is 25.3 Å². The largest absolute Gasteiger partial charge is 0.345 e. The number of unbranched alkanes of at least 4 members (excludes halogenated alkanes) is 8. The van der Waals surface area contributed by atoms with E-state index >= 15 is 0 Å². The number of hydrogen-bond donors (Lipinski definition) is 3. The fourth-order valence-electron chi connectivity index (χ4n) is 4.30. The molecule has 0 spiro atoms. The molecule has 0 fully saturated rings. The number of carbonyl (C=O) groups is 4. The molecule has 0 saturated heterocycles. The van der Waals surface area contributed by atoms with Gasteiger partial charge in [0.05, 0.1) is 27.7 Å². The van der Waals surface area contributed by atoms with Crippen LogP contribution in [-0.2, 0) is 19.2 Å². The summed E-state index contributed by atoms with van der Waals surface area (Å²) >= 11 is 0. The van der Waals surface area contributed by atoms with Crippen molar-refractivity contribution in [3.8, 4) is 0 Å². The van der Waals surface area contributed by atoms with Crippen molar-refractivity contribution >= 4 is 23.6 Å². The third-order valence-corrected chi connectivity index (χ3v) is 6.86. The van der Waals surface area contributed by atoms with Gasteiger partial charge in [0.2, 0.25) is 23.6 Å². The Balaban J connectivity index is 4.64. The van der Waals surface area contributed by atoms with Crippen molar-refractivity contribution in [3.05, 3.63) is 0 Å². The molecule has 0 aliphatic carbocycles. The Bertz CT molecular complexity index is 711. The van der Waals surface area contributed by atoms with Crippen LogP contribution in [0, 0.1) is 0 Å². The van der Waals surface area contributed by atoms with E-state index in [9.17, 15) is 19.2 Å². The predicted octanol–water partition coefficient (Wildman–Crippen LogP) is 3.76. The molecule has 0 aromatic carbocycles. The van der Waals surface area contributed by atoms with Gasteiger partial charge in [0.15, 0.2) is 0 Å². The molecule has 0 rings (SSSR count). The monoisotopic (exact) mass is 554 g/mol. The van der Waals surface area contributed by atoms with E-state index in [1.165, 1.54) is 0 Å². The highest BCUT2D eigenvalue weighted by Crippen LogP contribution is 2.08. The molecule has 228 valence electrons. The molecule has 3 atom stereocenters. The average molecular weight is 555 g/mol. The summed E-state index contributed by atoms with van der Waals surface area (Å²) in [4.78, 5) is 52.6. The van der Waals surface area contributed by atoms with Crippen LogP contribution in [0.5, 0.6) is 0 Å². The lowest BCUT2D eigenvalue weighted by atomic mass is 10.1. The lowest BCUT2D eigenvalue weighted by Gasteiger charge is -2.27. The van der Waals surface area contributed by atoms with Crippen molar-refractivity contribution in [2.75, 3.05) is 40.8 Å². The number of rotatable bonds is 22. The topological polar surface area (TPSA) is 108 Å². The van der Waals surface area contributed by atoms with E-state index in [-0.39, 0.29) is 11.8 Å². The van der Waals surface area contributed by atoms with Crippen molar-refractivity contribution < 1.29 is 23.7 Å². The molecule has 9 heteroatoms. The second-order valence-corrected chi connectivity index (χ2v) is 12.0. The van der Waals surface area contributed by atoms with Crippen molar-refractivity contribution in [1.82, 2.24) is 20.9 Å². The first-order valence-corrected chi connectivity index (χ1v) is 15.3. The summed E-state index contributed by atoms with van der Waals surface area (Å²) in [5.74, 6) is -1.10. The van der Waals surface area contributed by atoms with Crippen LogP contribution in [0.2, 0.25) is 0 Å². The maximum absolute atomic E-state index is 13.1. The van der Waals surface area contributed by atoms with Crippen molar-refractivity contribution in [1.29, 1.82) is 0 Å². The van der Waals surface area contributed by atoms with Crippen LogP contribution < -0.4 is 16.0 Å². The molecule has 0 saturated carbocycles. The quantitative estimate of drug-likeness (QED) is 0.140. The van der Waals surface area contributed by atoms with Crippen LogP contribution in [0.1, 0.15) is 112 Å². The molecular formula is C30H60N5O4+. The van der Waals surface area contributed by atoms with E-state index < -0.39 is 29.9 Å². The average Bonchev–Trinajstić information content (AvgIpc) is 2.86. The van der Waals surface area contributed by atoms with Crippen molar-refractivity contribution in [3.63, 3.8) is 0 Å². The molecule has 0 unspecified atom stereocenters. The zero-order valence-corrected chi connectivity index (χ0v) is 26.4. The van der Waals surface area contributed by atoms with E-state index in [0.717, 1.165) is 81.7 Å². The van der Waals surface area contributed by atoms with E-state index in [4.69, 9.17) is 0 Å². The highest BCUT2D eigenvalue weighted by molar-refractivity contribution is 5.93. The molecule has 0 heterocycles. The summed E-state index contributed by atoms with van der Waals surface area (Å²) in [6.07, 6.45) is 11.8. The molecule has 39 heavy (non-hydrogen) atoms. The van der Waals surface area contributed by atoms with E-state index in [1.807, 2.05) is 4.90 Å². The first-order chi connectivity index (χ1) is 18.3. The van der Waals surface area contributed by atoms with Gasteiger partial charge in [-0.15, -0.1) is 0 Å². The summed E-state index contributed by atoms with van der Waals surface area (Å²) in [7, 11) is 6.44. The SMILES string of the molecule is CCCCCCN(CCCCCC)C(=O)[C@H](C)NC(=O)[C@H](C)NC(=O)[C@H](C)NC(=O)CCCCC[N+](C)(C)C. The normalized spacial score (nSPS) is 13.7. The standard InChI is InChI=1S/C30H59N5O4/c1-9-11-13-17-21-34(22-18-14-12-10-2)30(39)26(5)33-29(38)25(4)32-28(37)24(3)31-27(36)20-16-15-19-23-35(6,7)8/h24-26H,9-23H2,1-8H3,(H2-,31,32,33,36,37,38)/p+1/t24-,25-,26-/m0/s1. The minimum Gasteiger partial charge on any atom is -0.345 e. The van der Waals surface area contributed by atoms with Gasteiger partial charge in [-0.25, -0.2) is 0 Å². The third kappa shape index (κ3) is 18.7. The van der Waals surface area contributed by atoms with Gasteiger partial charge in [0.1, 0.15) is 18.1 Å². The summed E-state index contributed by atoms with van der Waals surface area (Å²) in [5, 5.41) is 8.13. The predicted molar refractivity (Wildman–Crippen MR) is 159 cm³/mol. The molecule has 0 aliphatic heterocycles. The second-order valence-electron chi connectivity index (χ2n) is 12.0. The third-order valence-electron chi connectivity index (χ3n) is 6.86.